The van der Waals surface area contributed by atoms with Gasteiger partial charge in [0.05, 0.1) is 0 Å². The first-order chi connectivity index (χ1) is 8.60. The minimum Gasteiger partial charge on any atom is -0.435 e. The fraction of sp³-hybridized carbons (Fsp3) is 0.154. The molecule has 0 saturated heterocycles. The molecule has 0 atom stereocenters. The average molecular weight is 250 g/mol. The fourth-order valence-electron chi connectivity index (χ4n) is 1.47. The monoisotopic (exact) mass is 250 g/mol. The summed E-state index contributed by atoms with van der Waals surface area (Å²) in [6, 6.07) is 6.52. The Labute approximate surface area is 103 Å². The Kier molecular flexibility index (Phi) is 3.53. The van der Waals surface area contributed by atoms with Gasteiger partial charge in [-0.2, -0.15) is 0 Å². The Morgan fingerprint density at radius 2 is 2.00 bits per heavy atom. The number of nitrogens with two attached hydrogens (primary N) is 1. The number of hydrogen-bond acceptors (Lipinski definition) is 3. The first-order valence-corrected chi connectivity index (χ1v) is 5.39. The maximum atomic E-state index is 13.4. The van der Waals surface area contributed by atoms with E-state index in [-0.39, 0.29) is 18.2 Å². The third-order valence-corrected chi connectivity index (χ3v) is 2.40. The van der Waals surface area contributed by atoms with Crippen LogP contribution in [0.1, 0.15) is 11.3 Å². The molecule has 2 N–H and O–H groups in total. The summed E-state index contributed by atoms with van der Waals surface area (Å²) in [5, 5.41) is 0. The van der Waals surface area contributed by atoms with E-state index in [1.165, 1.54) is 0 Å². The van der Waals surface area contributed by atoms with Crippen LogP contribution in [0.4, 0.5) is 8.78 Å². The molecule has 0 unspecified atom stereocenters. The molecule has 2 aromatic rings. The van der Waals surface area contributed by atoms with Crippen molar-refractivity contribution >= 4 is 0 Å². The number of aryl methyl sites for hydroxylation is 1. The normalized spacial score (nSPS) is 10.4. The van der Waals surface area contributed by atoms with Gasteiger partial charge in [0, 0.05) is 23.9 Å². The molecule has 0 aliphatic heterocycles. The van der Waals surface area contributed by atoms with Gasteiger partial charge in [-0.3, -0.25) is 0 Å². The topological polar surface area (TPSA) is 48.1 Å². The molecule has 0 aliphatic rings. The highest BCUT2D eigenvalue weighted by Crippen LogP contribution is 2.26. The van der Waals surface area contributed by atoms with Crippen molar-refractivity contribution < 1.29 is 13.5 Å². The summed E-state index contributed by atoms with van der Waals surface area (Å²) < 4.78 is 31.7. The Bertz CT molecular complexity index is 573. The van der Waals surface area contributed by atoms with Gasteiger partial charge in [-0.1, -0.05) is 6.07 Å². The van der Waals surface area contributed by atoms with Crippen LogP contribution in [0.25, 0.3) is 0 Å². The highest BCUT2D eigenvalue weighted by atomic mass is 19.1. The van der Waals surface area contributed by atoms with E-state index in [1.54, 1.807) is 19.1 Å². The SMILES string of the molecule is Cc1ccc(CN)c(Oc2cc(F)ccc2F)n1. The summed E-state index contributed by atoms with van der Waals surface area (Å²) in [7, 11) is 0. The first-order valence-electron chi connectivity index (χ1n) is 5.39. The van der Waals surface area contributed by atoms with Crippen LogP contribution in [0.3, 0.4) is 0 Å². The van der Waals surface area contributed by atoms with Crippen LogP contribution in [0.15, 0.2) is 30.3 Å². The summed E-state index contributed by atoms with van der Waals surface area (Å²) in [6.45, 7) is 1.98. The summed E-state index contributed by atoms with van der Waals surface area (Å²) in [5.41, 5.74) is 6.87. The second-order valence-corrected chi connectivity index (χ2v) is 3.80. The third kappa shape index (κ3) is 2.62. The lowest BCUT2D eigenvalue weighted by molar-refractivity contribution is 0.417. The lowest BCUT2D eigenvalue weighted by atomic mass is 10.2. The Morgan fingerprint density at radius 3 is 2.72 bits per heavy atom. The van der Waals surface area contributed by atoms with E-state index in [4.69, 9.17) is 10.5 Å². The summed E-state index contributed by atoms with van der Waals surface area (Å²) >= 11 is 0. The summed E-state index contributed by atoms with van der Waals surface area (Å²) in [6.07, 6.45) is 0. The van der Waals surface area contributed by atoms with Gasteiger partial charge in [0.25, 0.3) is 0 Å². The Morgan fingerprint density at radius 1 is 1.22 bits per heavy atom. The zero-order valence-corrected chi connectivity index (χ0v) is 9.78. The third-order valence-electron chi connectivity index (χ3n) is 2.40. The molecule has 1 heterocycles. The molecule has 0 bridgehead atoms. The van der Waals surface area contributed by atoms with Crippen molar-refractivity contribution in [1.82, 2.24) is 4.98 Å². The van der Waals surface area contributed by atoms with E-state index < -0.39 is 11.6 Å². The zero-order valence-electron chi connectivity index (χ0n) is 9.78. The molecule has 2 rings (SSSR count). The molecular weight excluding hydrogens is 238 g/mol. The summed E-state index contributed by atoms with van der Waals surface area (Å²) in [5.74, 6) is -1.24. The number of nitrogens with zero attached hydrogens (tertiary/aromatic N) is 1. The Hall–Kier alpha value is -2.01. The average Bonchev–Trinajstić information content (AvgIpc) is 2.34. The van der Waals surface area contributed by atoms with E-state index in [0.717, 1.165) is 18.2 Å². The zero-order chi connectivity index (χ0) is 13.1. The quantitative estimate of drug-likeness (QED) is 0.911. The molecule has 3 nitrogen and oxygen atoms in total. The van der Waals surface area contributed by atoms with Gasteiger partial charge in [0.15, 0.2) is 11.6 Å². The van der Waals surface area contributed by atoms with Crippen LogP contribution in [-0.2, 0) is 6.54 Å². The molecule has 0 fully saturated rings. The highest BCUT2D eigenvalue weighted by molar-refractivity contribution is 5.34. The van der Waals surface area contributed by atoms with E-state index in [2.05, 4.69) is 4.98 Å². The van der Waals surface area contributed by atoms with E-state index in [1.807, 2.05) is 0 Å². The maximum absolute atomic E-state index is 13.4. The number of pyridine rings is 1. The minimum atomic E-state index is -0.650. The predicted octanol–water partition coefficient (Wildman–Crippen LogP) is 2.92. The molecule has 1 aromatic heterocycles. The summed E-state index contributed by atoms with van der Waals surface area (Å²) in [4.78, 5) is 4.12. The van der Waals surface area contributed by atoms with Gasteiger partial charge in [-0.25, -0.2) is 13.8 Å². The molecule has 0 spiro atoms. The fourth-order valence-corrected chi connectivity index (χ4v) is 1.47. The van der Waals surface area contributed by atoms with Crippen molar-refractivity contribution in [1.29, 1.82) is 0 Å². The molecule has 94 valence electrons. The van der Waals surface area contributed by atoms with Crippen molar-refractivity contribution in [3.63, 3.8) is 0 Å². The molecule has 1 aromatic carbocycles. The van der Waals surface area contributed by atoms with E-state index in [0.29, 0.717) is 11.3 Å². The van der Waals surface area contributed by atoms with Gasteiger partial charge < -0.3 is 10.5 Å². The van der Waals surface area contributed by atoms with Gasteiger partial charge in [0.1, 0.15) is 5.82 Å². The van der Waals surface area contributed by atoms with Gasteiger partial charge in [-0.15, -0.1) is 0 Å². The molecule has 0 saturated carbocycles. The van der Waals surface area contributed by atoms with E-state index >= 15 is 0 Å². The molecular formula is C13H12F2N2O. The second-order valence-electron chi connectivity index (χ2n) is 3.80. The lowest BCUT2D eigenvalue weighted by Gasteiger charge is -2.10. The number of rotatable bonds is 3. The molecule has 0 aliphatic carbocycles. The minimum absolute atomic E-state index is 0.196. The smallest absolute Gasteiger partial charge is 0.224 e. The molecule has 5 heteroatoms. The van der Waals surface area contributed by atoms with Gasteiger partial charge in [-0.05, 0) is 25.1 Å². The highest BCUT2D eigenvalue weighted by Gasteiger charge is 2.10. The van der Waals surface area contributed by atoms with E-state index in [9.17, 15) is 8.78 Å². The van der Waals surface area contributed by atoms with Gasteiger partial charge in [0.2, 0.25) is 5.88 Å². The van der Waals surface area contributed by atoms with Crippen molar-refractivity contribution in [3.05, 3.63) is 53.2 Å². The van der Waals surface area contributed by atoms with Crippen LogP contribution >= 0.6 is 0 Å². The first kappa shape index (κ1) is 12.4. The number of halogens is 2. The molecule has 0 amide bonds. The number of ether oxygens (including phenoxy) is 1. The number of benzene rings is 1. The largest absolute Gasteiger partial charge is 0.435 e. The standard InChI is InChI=1S/C13H12F2N2O/c1-8-2-3-9(7-16)13(17-8)18-12-6-10(14)4-5-11(12)15/h2-6H,7,16H2,1H3. The second kappa shape index (κ2) is 5.10. The van der Waals surface area contributed by atoms with Crippen LogP contribution in [0.5, 0.6) is 11.6 Å². The van der Waals surface area contributed by atoms with Crippen LogP contribution < -0.4 is 10.5 Å². The van der Waals surface area contributed by atoms with Crippen LogP contribution in [-0.4, -0.2) is 4.98 Å². The predicted molar refractivity (Wildman–Crippen MR) is 63.3 cm³/mol. The molecule has 18 heavy (non-hydrogen) atoms. The van der Waals surface area contributed by atoms with Crippen molar-refractivity contribution in [3.8, 4) is 11.6 Å². The van der Waals surface area contributed by atoms with Crippen molar-refractivity contribution in [2.24, 2.45) is 5.73 Å². The Balaban J connectivity index is 2.38. The van der Waals surface area contributed by atoms with Crippen molar-refractivity contribution in [2.45, 2.75) is 13.5 Å². The number of hydrogen-bond donors (Lipinski definition) is 1. The van der Waals surface area contributed by atoms with Crippen LogP contribution in [0.2, 0.25) is 0 Å². The van der Waals surface area contributed by atoms with Crippen LogP contribution in [0, 0.1) is 18.6 Å². The van der Waals surface area contributed by atoms with Crippen molar-refractivity contribution in [2.75, 3.05) is 0 Å². The lowest BCUT2D eigenvalue weighted by Crippen LogP contribution is -2.02. The van der Waals surface area contributed by atoms with Gasteiger partial charge >= 0.3 is 0 Å². The number of aromatic nitrogens is 1. The maximum Gasteiger partial charge on any atom is 0.224 e. The molecule has 0 radical (unpaired) electrons.